The molecule has 1 aliphatic rings. The number of pyridine rings is 1. The second-order valence-electron chi connectivity index (χ2n) is 4.80. The molecule has 0 aromatic carbocycles. The molecular weight excluding hydrogens is 346 g/mol. The second-order valence-corrected chi connectivity index (χ2v) is 5.71. The number of piperidine rings is 1. The van der Waals surface area contributed by atoms with E-state index in [1.54, 1.807) is 17.2 Å². The lowest BCUT2D eigenvalue weighted by Gasteiger charge is -2.31. The second kappa shape index (κ2) is 7.81. The zero-order valence-electron chi connectivity index (χ0n) is 11.3. The molecule has 0 atom stereocenters. The van der Waals surface area contributed by atoms with Crippen molar-refractivity contribution >= 4 is 34.2 Å². The van der Waals surface area contributed by atoms with Crippen LogP contribution in [0.1, 0.15) is 12.8 Å². The zero-order chi connectivity index (χ0) is 13.8. The van der Waals surface area contributed by atoms with E-state index in [2.05, 4.69) is 21.2 Å². The lowest BCUT2D eigenvalue weighted by Crippen LogP contribution is -2.45. The van der Waals surface area contributed by atoms with E-state index in [-0.39, 0.29) is 36.5 Å². The van der Waals surface area contributed by atoms with Gasteiger partial charge in [-0.1, -0.05) is 0 Å². The van der Waals surface area contributed by atoms with Gasteiger partial charge in [0.05, 0.1) is 0 Å². The summed E-state index contributed by atoms with van der Waals surface area (Å²) in [6.45, 7) is 1.98. The van der Waals surface area contributed by atoms with Gasteiger partial charge < -0.3 is 14.8 Å². The topological polar surface area (TPSA) is 54.3 Å². The van der Waals surface area contributed by atoms with Gasteiger partial charge in [-0.15, -0.1) is 12.4 Å². The average molecular weight is 365 g/mol. The first kappa shape index (κ1) is 17.2. The first-order chi connectivity index (χ1) is 9.08. The van der Waals surface area contributed by atoms with Crippen LogP contribution in [-0.4, -0.2) is 41.6 Å². The van der Waals surface area contributed by atoms with Crippen LogP contribution in [0.2, 0.25) is 0 Å². The monoisotopic (exact) mass is 363 g/mol. The Kier molecular flexibility index (Phi) is 6.71. The summed E-state index contributed by atoms with van der Waals surface area (Å²) in [5.41, 5.74) is -0.157. The largest absolute Gasteiger partial charge is 0.341 e. The molecule has 0 radical (unpaired) electrons. The molecule has 1 N–H and O–H groups in total. The van der Waals surface area contributed by atoms with E-state index < -0.39 is 0 Å². The number of carbonyl (C=O) groups excluding carboxylic acids is 1. The van der Waals surface area contributed by atoms with Gasteiger partial charge in [-0.25, -0.2) is 0 Å². The molecule has 0 bridgehead atoms. The summed E-state index contributed by atoms with van der Waals surface area (Å²) in [5, 5.41) is 3.28. The molecule has 2 rings (SSSR count). The normalized spacial score (nSPS) is 15.5. The predicted octanol–water partition coefficient (Wildman–Crippen LogP) is 1.24. The Labute approximate surface area is 132 Å². The molecule has 2 heterocycles. The molecule has 5 nitrogen and oxygen atoms in total. The Morgan fingerprint density at radius 2 is 2.10 bits per heavy atom. The van der Waals surface area contributed by atoms with Crippen molar-refractivity contribution in [2.24, 2.45) is 0 Å². The third-order valence-corrected chi connectivity index (χ3v) is 3.97. The Morgan fingerprint density at radius 1 is 1.45 bits per heavy atom. The van der Waals surface area contributed by atoms with E-state index in [0.29, 0.717) is 0 Å². The first-order valence-corrected chi connectivity index (χ1v) is 7.19. The highest BCUT2D eigenvalue weighted by molar-refractivity contribution is 9.10. The number of aromatic nitrogens is 1. The van der Waals surface area contributed by atoms with E-state index in [1.807, 2.05) is 7.05 Å². The van der Waals surface area contributed by atoms with Gasteiger partial charge in [0.25, 0.3) is 5.56 Å². The van der Waals surface area contributed by atoms with Gasteiger partial charge in [-0.2, -0.15) is 0 Å². The number of nitrogens with one attached hydrogen (secondary N) is 1. The molecule has 1 saturated heterocycles. The van der Waals surface area contributed by atoms with Crippen molar-refractivity contribution in [1.82, 2.24) is 14.8 Å². The predicted molar refractivity (Wildman–Crippen MR) is 84.3 cm³/mol. The number of amides is 1. The molecule has 1 fully saturated rings. The van der Waals surface area contributed by atoms with E-state index >= 15 is 0 Å². The third kappa shape index (κ3) is 4.33. The van der Waals surface area contributed by atoms with E-state index in [1.165, 1.54) is 10.6 Å². The lowest BCUT2D eigenvalue weighted by atomic mass is 10.1. The Hall–Kier alpha value is -0.850. The van der Waals surface area contributed by atoms with Crippen molar-refractivity contribution in [3.63, 3.8) is 0 Å². The maximum absolute atomic E-state index is 12.2. The van der Waals surface area contributed by atoms with Crippen LogP contribution in [0.5, 0.6) is 0 Å². The fraction of sp³-hybridized carbons (Fsp3) is 0.538. The molecule has 0 unspecified atom stereocenters. The van der Waals surface area contributed by atoms with Crippen LogP contribution >= 0.6 is 28.3 Å². The standard InChI is InChI=1S/C13H18BrN3O2.ClH/c1-16(11-4-6-15-7-5-11)13(19)9-17-8-10(14)2-3-12(17)18;/h2-3,8,11,15H,4-7,9H2,1H3;1H. The maximum Gasteiger partial charge on any atom is 0.251 e. The highest BCUT2D eigenvalue weighted by Gasteiger charge is 2.22. The molecule has 1 aromatic heterocycles. The van der Waals surface area contributed by atoms with Crippen LogP contribution in [0.15, 0.2) is 27.6 Å². The minimum atomic E-state index is -0.157. The Balaban J connectivity index is 0.00000200. The lowest BCUT2D eigenvalue weighted by molar-refractivity contribution is -0.133. The minimum Gasteiger partial charge on any atom is -0.341 e. The minimum absolute atomic E-state index is 0. The summed E-state index contributed by atoms with van der Waals surface area (Å²) in [4.78, 5) is 25.6. The molecule has 7 heteroatoms. The van der Waals surface area contributed by atoms with Gasteiger partial charge in [0.2, 0.25) is 5.91 Å². The van der Waals surface area contributed by atoms with Gasteiger partial charge in [0.15, 0.2) is 0 Å². The fourth-order valence-electron chi connectivity index (χ4n) is 2.28. The van der Waals surface area contributed by atoms with Crippen molar-refractivity contribution in [3.05, 3.63) is 33.2 Å². The highest BCUT2D eigenvalue weighted by Crippen LogP contribution is 2.11. The van der Waals surface area contributed by atoms with Gasteiger partial charge in [0, 0.05) is 29.8 Å². The first-order valence-electron chi connectivity index (χ1n) is 6.40. The number of halogens is 2. The van der Waals surface area contributed by atoms with E-state index in [4.69, 9.17) is 0 Å². The molecular formula is C13H19BrClN3O2. The van der Waals surface area contributed by atoms with Crippen LogP contribution in [0.3, 0.4) is 0 Å². The summed E-state index contributed by atoms with van der Waals surface area (Å²) in [6.07, 6.45) is 3.59. The molecule has 0 aliphatic carbocycles. The summed E-state index contributed by atoms with van der Waals surface area (Å²) in [6, 6.07) is 3.42. The highest BCUT2D eigenvalue weighted by atomic mass is 79.9. The smallest absolute Gasteiger partial charge is 0.251 e. The number of carbonyl (C=O) groups is 1. The number of hydrogen-bond acceptors (Lipinski definition) is 3. The van der Waals surface area contributed by atoms with Crippen LogP contribution < -0.4 is 10.9 Å². The zero-order valence-corrected chi connectivity index (χ0v) is 13.7. The molecule has 1 aromatic rings. The molecule has 0 spiro atoms. The summed E-state index contributed by atoms with van der Waals surface area (Å²) in [5.74, 6) is -0.0212. The van der Waals surface area contributed by atoms with Crippen LogP contribution in [0.25, 0.3) is 0 Å². The van der Waals surface area contributed by atoms with Crippen LogP contribution in [0, 0.1) is 0 Å². The van der Waals surface area contributed by atoms with E-state index in [0.717, 1.165) is 30.4 Å². The molecule has 112 valence electrons. The Bertz CT molecular complexity index is 515. The summed E-state index contributed by atoms with van der Waals surface area (Å²) >= 11 is 3.31. The fourth-order valence-corrected chi connectivity index (χ4v) is 2.66. The van der Waals surface area contributed by atoms with Crippen molar-refractivity contribution < 1.29 is 4.79 Å². The third-order valence-electron chi connectivity index (χ3n) is 3.50. The summed E-state index contributed by atoms with van der Waals surface area (Å²) in [7, 11) is 1.82. The van der Waals surface area contributed by atoms with Crippen molar-refractivity contribution in [2.75, 3.05) is 20.1 Å². The van der Waals surface area contributed by atoms with Crippen molar-refractivity contribution in [3.8, 4) is 0 Å². The van der Waals surface area contributed by atoms with Crippen molar-refractivity contribution in [1.29, 1.82) is 0 Å². The maximum atomic E-state index is 12.2. The number of nitrogens with zero attached hydrogens (tertiary/aromatic N) is 2. The summed E-state index contributed by atoms with van der Waals surface area (Å²) < 4.78 is 2.23. The average Bonchev–Trinajstić information content (AvgIpc) is 2.43. The number of hydrogen-bond donors (Lipinski definition) is 1. The number of likely N-dealkylation sites (N-methyl/N-ethyl adjacent to an activating group) is 1. The van der Waals surface area contributed by atoms with Gasteiger partial charge >= 0.3 is 0 Å². The van der Waals surface area contributed by atoms with Crippen LogP contribution in [-0.2, 0) is 11.3 Å². The SMILES string of the molecule is CN(C(=O)Cn1cc(Br)ccc1=O)C1CCNCC1.Cl. The molecule has 1 amide bonds. The van der Waals surface area contributed by atoms with Gasteiger partial charge in [-0.05, 0) is 47.9 Å². The Morgan fingerprint density at radius 3 is 2.75 bits per heavy atom. The van der Waals surface area contributed by atoms with Gasteiger partial charge in [0.1, 0.15) is 6.54 Å². The van der Waals surface area contributed by atoms with Crippen molar-refractivity contribution in [2.45, 2.75) is 25.4 Å². The molecule has 0 saturated carbocycles. The quantitative estimate of drug-likeness (QED) is 0.878. The molecule has 20 heavy (non-hydrogen) atoms. The number of rotatable bonds is 3. The van der Waals surface area contributed by atoms with E-state index in [9.17, 15) is 9.59 Å². The van der Waals surface area contributed by atoms with Crippen LogP contribution in [0.4, 0.5) is 0 Å². The van der Waals surface area contributed by atoms with Gasteiger partial charge in [-0.3, -0.25) is 9.59 Å². The molecule has 1 aliphatic heterocycles.